The first kappa shape index (κ1) is 22.7. The maximum atomic E-state index is 13.6. The third kappa shape index (κ3) is 5.65. The molecule has 0 saturated heterocycles. The summed E-state index contributed by atoms with van der Waals surface area (Å²) in [6, 6.07) is 26.2. The second-order valence-corrected chi connectivity index (χ2v) is 8.88. The van der Waals surface area contributed by atoms with Gasteiger partial charge in [-0.2, -0.15) is 0 Å². The fourth-order valence-electron chi connectivity index (χ4n) is 3.67. The van der Waals surface area contributed by atoms with E-state index < -0.39 is 6.04 Å². The number of fused-ring (bicyclic) bond motifs is 1. The second kappa shape index (κ2) is 10.9. The Labute approximate surface area is 198 Å². The van der Waals surface area contributed by atoms with Gasteiger partial charge in [-0.05, 0) is 36.2 Å². The smallest absolute Gasteiger partial charge is 0.251 e. The van der Waals surface area contributed by atoms with Crippen molar-refractivity contribution in [3.8, 4) is 0 Å². The molecule has 5 nitrogen and oxygen atoms in total. The molecule has 1 heterocycles. The predicted octanol–water partition coefficient (Wildman–Crippen LogP) is 5.99. The zero-order valence-corrected chi connectivity index (χ0v) is 19.4. The molecule has 0 saturated carbocycles. The molecule has 0 aliphatic heterocycles. The van der Waals surface area contributed by atoms with Gasteiger partial charge in [-0.3, -0.25) is 14.5 Å². The number of para-hydroxylation sites is 1. The first-order valence-electron chi connectivity index (χ1n) is 11.2. The molecular weight excluding hydrogens is 430 g/mol. The van der Waals surface area contributed by atoms with E-state index in [-0.39, 0.29) is 18.2 Å². The fourth-order valence-corrected chi connectivity index (χ4v) is 4.68. The number of nitrogens with one attached hydrogen (secondary N) is 1. The zero-order valence-electron chi connectivity index (χ0n) is 18.6. The Morgan fingerprint density at radius 1 is 0.939 bits per heavy atom. The summed E-state index contributed by atoms with van der Waals surface area (Å²) in [5.74, 6) is -0.248. The predicted molar refractivity (Wildman–Crippen MR) is 135 cm³/mol. The number of thiazole rings is 1. The SMILES string of the molecule is CCCCN(C(=O)C[C@H](NC(=O)c1ccccc1)c1ccccc1)c1nc2ccccc2s1. The number of unbranched alkanes of at least 4 members (excludes halogenated alkanes) is 1. The maximum Gasteiger partial charge on any atom is 0.251 e. The van der Waals surface area contributed by atoms with E-state index >= 15 is 0 Å². The average Bonchev–Trinajstić information content (AvgIpc) is 3.29. The summed E-state index contributed by atoms with van der Waals surface area (Å²) >= 11 is 1.52. The number of aromatic nitrogens is 1. The van der Waals surface area contributed by atoms with Gasteiger partial charge < -0.3 is 5.32 Å². The molecule has 0 spiro atoms. The molecule has 6 heteroatoms. The Morgan fingerprint density at radius 3 is 2.30 bits per heavy atom. The highest BCUT2D eigenvalue weighted by Crippen LogP contribution is 2.30. The van der Waals surface area contributed by atoms with Crippen molar-refractivity contribution in [2.45, 2.75) is 32.2 Å². The molecule has 168 valence electrons. The lowest BCUT2D eigenvalue weighted by Gasteiger charge is -2.24. The minimum atomic E-state index is -0.440. The van der Waals surface area contributed by atoms with Crippen LogP contribution in [0.25, 0.3) is 10.2 Å². The minimum Gasteiger partial charge on any atom is -0.345 e. The number of hydrogen-bond donors (Lipinski definition) is 1. The molecule has 4 rings (SSSR count). The van der Waals surface area contributed by atoms with Crippen molar-refractivity contribution >= 4 is 38.5 Å². The van der Waals surface area contributed by atoms with E-state index in [2.05, 4.69) is 12.2 Å². The van der Waals surface area contributed by atoms with E-state index in [0.29, 0.717) is 17.2 Å². The second-order valence-electron chi connectivity index (χ2n) is 7.87. The summed E-state index contributed by atoms with van der Waals surface area (Å²) in [6.07, 6.45) is 2.01. The number of rotatable bonds is 9. The summed E-state index contributed by atoms with van der Waals surface area (Å²) in [4.78, 5) is 33.0. The van der Waals surface area contributed by atoms with Gasteiger partial charge in [-0.15, -0.1) is 0 Å². The molecule has 0 bridgehead atoms. The quantitative estimate of drug-likeness (QED) is 0.336. The normalized spacial score (nSPS) is 11.8. The van der Waals surface area contributed by atoms with Crippen LogP contribution < -0.4 is 10.2 Å². The van der Waals surface area contributed by atoms with E-state index in [1.54, 1.807) is 17.0 Å². The van der Waals surface area contributed by atoms with E-state index in [9.17, 15) is 9.59 Å². The van der Waals surface area contributed by atoms with Gasteiger partial charge in [0.25, 0.3) is 5.91 Å². The highest BCUT2D eigenvalue weighted by atomic mass is 32.1. The number of amides is 2. The molecule has 0 aliphatic rings. The number of benzene rings is 3. The van der Waals surface area contributed by atoms with Crippen LogP contribution in [0.15, 0.2) is 84.9 Å². The van der Waals surface area contributed by atoms with Crippen LogP contribution in [0.3, 0.4) is 0 Å². The van der Waals surface area contributed by atoms with Gasteiger partial charge >= 0.3 is 0 Å². The molecule has 4 aromatic rings. The molecule has 3 aromatic carbocycles. The van der Waals surface area contributed by atoms with Gasteiger partial charge in [0.2, 0.25) is 5.91 Å². The number of hydrogen-bond acceptors (Lipinski definition) is 4. The molecule has 2 amide bonds. The number of carbonyl (C=O) groups is 2. The summed E-state index contributed by atoms with van der Waals surface area (Å²) in [7, 11) is 0. The summed E-state index contributed by atoms with van der Waals surface area (Å²) < 4.78 is 1.05. The lowest BCUT2D eigenvalue weighted by atomic mass is 10.0. The summed E-state index contributed by atoms with van der Waals surface area (Å²) in [6.45, 7) is 2.71. The third-order valence-electron chi connectivity index (χ3n) is 5.47. The molecule has 0 fully saturated rings. The molecule has 1 aromatic heterocycles. The highest BCUT2D eigenvalue weighted by molar-refractivity contribution is 7.22. The van der Waals surface area contributed by atoms with Crippen molar-refractivity contribution in [1.29, 1.82) is 0 Å². The number of nitrogens with zero attached hydrogens (tertiary/aromatic N) is 2. The first-order chi connectivity index (χ1) is 16.2. The Morgan fingerprint density at radius 2 is 1.61 bits per heavy atom. The molecule has 0 radical (unpaired) electrons. The Kier molecular flexibility index (Phi) is 7.47. The Bertz CT molecular complexity index is 1170. The Balaban J connectivity index is 1.59. The van der Waals surface area contributed by atoms with Crippen LogP contribution in [0.2, 0.25) is 0 Å². The van der Waals surface area contributed by atoms with Gasteiger partial charge in [0.15, 0.2) is 5.13 Å². The maximum absolute atomic E-state index is 13.6. The molecular formula is C27H27N3O2S. The summed E-state index contributed by atoms with van der Waals surface area (Å²) in [5.41, 5.74) is 2.36. The van der Waals surface area contributed by atoms with Gasteiger partial charge in [-0.25, -0.2) is 4.98 Å². The van der Waals surface area contributed by atoms with Crippen LogP contribution in [0, 0.1) is 0 Å². The monoisotopic (exact) mass is 457 g/mol. The molecule has 0 aliphatic carbocycles. The third-order valence-corrected chi connectivity index (χ3v) is 6.53. The van der Waals surface area contributed by atoms with Gasteiger partial charge in [-0.1, -0.05) is 85.3 Å². The van der Waals surface area contributed by atoms with Crippen molar-refractivity contribution < 1.29 is 9.59 Å². The van der Waals surface area contributed by atoms with Crippen LogP contribution in [-0.4, -0.2) is 23.3 Å². The van der Waals surface area contributed by atoms with Gasteiger partial charge in [0.05, 0.1) is 22.7 Å². The molecule has 1 atom stereocenters. The number of anilines is 1. The van der Waals surface area contributed by atoms with E-state index in [1.807, 2.05) is 72.8 Å². The molecule has 1 N–H and O–H groups in total. The minimum absolute atomic E-state index is 0.0512. The van der Waals surface area contributed by atoms with Crippen molar-refractivity contribution in [3.63, 3.8) is 0 Å². The van der Waals surface area contributed by atoms with Crippen LogP contribution in [0.4, 0.5) is 5.13 Å². The Hall–Kier alpha value is -3.51. The fraction of sp³-hybridized carbons (Fsp3) is 0.222. The highest BCUT2D eigenvalue weighted by Gasteiger charge is 2.25. The van der Waals surface area contributed by atoms with Crippen LogP contribution in [0.5, 0.6) is 0 Å². The number of carbonyl (C=O) groups excluding carboxylic acids is 2. The lowest BCUT2D eigenvalue weighted by molar-refractivity contribution is -0.119. The van der Waals surface area contributed by atoms with Crippen molar-refractivity contribution in [2.75, 3.05) is 11.4 Å². The van der Waals surface area contributed by atoms with E-state index in [0.717, 1.165) is 28.6 Å². The first-order valence-corrected chi connectivity index (χ1v) is 12.0. The van der Waals surface area contributed by atoms with Crippen molar-refractivity contribution in [2.24, 2.45) is 0 Å². The molecule has 33 heavy (non-hydrogen) atoms. The van der Waals surface area contributed by atoms with Crippen LogP contribution in [0.1, 0.15) is 48.1 Å². The standard InChI is InChI=1S/C27H27N3O2S/c1-2-3-18-30(27-29-22-16-10-11-17-24(22)33-27)25(31)19-23(20-12-6-4-7-13-20)28-26(32)21-14-8-5-9-15-21/h4-17,23H,2-3,18-19H2,1H3,(H,28,32)/t23-/m0/s1. The largest absolute Gasteiger partial charge is 0.345 e. The summed E-state index contributed by atoms with van der Waals surface area (Å²) in [5, 5.41) is 3.77. The topological polar surface area (TPSA) is 62.3 Å². The van der Waals surface area contributed by atoms with Gasteiger partial charge in [0, 0.05) is 12.1 Å². The van der Waals surface area contributed by atoms with E-state index in [4.69, 9.17) is 4.98 Å². The lowest BCUT2D eigenvalue weighted by Crippen LogP contribution is -2.37. The van der Waals surface area contributed by atoms with Crippen molar-refractivity contribution in [1.82, 2.24) is 10.3 Å². The zero-order chi connectivity index (χ0) is 23.0. The molecule has 0 unspecified atom stereocenters. The van der Waals surface area contributed by atoms with Gasteiger partial charge in [0.1, 0.15) is 0 Å². The van der Waals surface area contributed by atoms with Crippen LogP contribution >= 0.6 is 11.3 Å². The van der Waals surface area contributed by atoms with Crippen molar-refractivity contribution in [3.05, 3.63) is 96.1 Å². The van der Waals surface area contributed by atoms with Crippen LogP contribution in [-0.2, 0) is 4.79 Å². The average molecular weight is 458 g/mol. The van der Waals surface area contributed by atoms with E-state index in [1.165, 1.54) is 11.3 Å².